The zero-order chi connectivity index (χ0) is 14.2. The van der Waals surface area contributed by atoms with Gasteiger partial charge in [0.25, 0.3) is 0 Å². The van der Waals surface area contributed by atoms with Gasteiger partial charge in [0.2, 0.25) is 5.95 Å². The predicted molar refractivity (Wildman–Crippen MR) is 78.1 cm³/mol. The number of nitrogens with two attached hydrogens (primary N) is 1. The molecule has 1 atom stereocenters. The fourth-order valence-electron chi connectivity index (χ4n) is 2.10. The molecule has 2 rings (SSSR count). The molecule has 0 amide bonds. The van der Waals surface area contributed by atoms with Crippen molar-refractivity contribution in [1.82, 2.24) is 9.97 Å². The minimum absolute atomic E-state index is 0.118. The van der Waals surface area contributed by atoms with Crippen molar-refractivity contribution in [2.24, 2.45) is 5.73 Å². The Labute approximate surface area is 118 Å². The van der Waals surface area contributed by atoms with Crippen LogP contribution < -0.4 is 10.6 Å². The second-order valence-corrected chi connectivity index (χ2v) is 7.38. The van der Waals surface area contributed by atoms with Crippen LogP contribution in [0.15, 0.2) is 6.07 Å². The van der Waals surface area contributed by atoms with Gasteiger partial charge in [-0.15, -0.1) is 0 Å². The number of hydrogen-bond acceptors (Lipinski definition) is 6. The predicted octanol–water partition coefficient (Wildman–Crippen LogP) is 0.0425. The molecular weight excluding hydrogens is 284 g/mol. The maximum absolute atomic E-state index is 11.6. The average Bonchev–Trinajstić information content (AvgIpc) is 2.26. The smallest absolute Gasteiger partial charge is 0.226 e. The van der Waals surface area contributed by atoms with Gasteiger partial charge in [-0.1, -0.05) is 12.2 Å². The normalized spacial score (nSPS) is 22.2. The van der Waals surface area contributed by atoms with E-state index in [4.69, 9.17) is 18.0 Å². The summed E-state index contributed by atoms with van der Waals surface area (Å²) >= 11 is 4.92. The standard InChI is InChI=1S/C11H16N4O2S2/c1-7-5-9(10(12)18)14-11(13-7)15-3-4-19(16,17)6-8(15)2/h5,8H,3-4,6H2,1-2H3,(H2,12,18). The minimum Gasteiger partial charge on any atom is -0.388 e. The number of thiocarbonyl (C=S) groups is 1. The molecule has 6 nitrogen and oxygen atoms in total. The molecule has 1 aromatic rings. The summed E-state index contributed by atoms with van der Waals surface area (Å²) in [5.74, 6) is 0.731. The zero-order valence-corrected chi connectivity index (χ0v) is 12.5. The molecule has 19 heavy (non-hydrogen) atoms. The molecule has 0 bridgehead atoms. The van der Waals surface area contributed by atoms with E-state index in [9.17, 15) is 8.42 Å². The fraction of sp³-hybridized carbons (Fsp3) is 0.545. The summed E-state index contributed by atoms with van der Waals surface area (Å²) < 4.78 is 23.1. The van der Waals surface area contributed by atoms with E-state index in [1.807, 2.05) is 18.7 Å². The molecule has 1 unspecified atom stereocenters. The third-order valence-corrected chi connectivity index (χ3v) is 5.03. The maximum Gasteiger partial charge on any atom is 0.226 e. The number of aryl methyl sites for hydroxylation is 1. The van der Waals surface area contributed by atoms with Crippen LogP contribution in [0, 0.1) is 6.92 Å². The Morgan fingerprint density at radius 1 is 1.53 bits per heavy atom. The second-order valence-electron chi connectivity index (χ2n) is 4.72. The molecule has 0 saturated carbocycles. The lowest BCUT2D eigenvalue weighted by atomic mass is 10.3. The Balaban J connectivity index is 2.34. The SMILES string of the molecule is Cc1cc(C(N)=S)nc(N2CCS(=O)(=O)CC2C)n1. The van der Waals surface area contributed by atoms with E-state index in [0.717, 1.165) is 5.69 Å². The van der Waals surface area contributed by atoms with Crippen LogP contribution in [0.3, 0.4) is 0 Å². The Bertz CT molecular complexity index is 615. The first kappa shape index (κ1) is 14.1. The second kappa shape index (κ2) is 5.01. The first-order valence-corrected chi connectivity index (χ1v) is 8.14. The Morgan fingerprint density at radius 3 is 2.79 bits per heavy atom. The zero-order valence-electron chi connectivity index (χ0n) is 10.8. The van der Waals surface area contributed by atoms with Crippen molar-refractivity contribution in [3.63, 3.8) is 0 Å². The number of rotatable bonds is 2. The van der Waals surface area contributed by atoms with Crippen LogP contribution in [0.25, 0.3) is 0 Å². The highest BCUT2D eigenvalue weighted by atomic mass is 32.2. The maximum atomic E-state index is 11.6. The molecule has 0 aromatic carbocycles. The van der Waals surface area contributed by atoms with Crippen LogP contribution in [-0.2, 0) is 9.84 Å². The number of aromatic nitrogens is 2. The molecule has 1 aliphatic heterocycles. The summed E-state index contributed by atoms with van der Waals surface area (Å²) in [6.45, 7) is 4.07. The van der Waals surface area contributed by atoms with Gasteiger partial charge in [0.15, 0.2) is 9.84 Å². The number of sulfone groups is 1. The molecule has 104 valence electrons. The molecular formula is C11H16N4O2S2. The molecule has 2 heterocycles. The molecule has 0 aliphatic carbocycles. The van der Waals surface area contributed by atoms with Gasteiger partial charge < -0.3 is 10.6 Å². The average molecular weight is 300 g/mol. The Hall–Kier alpha value is -1.28. The molecule has 1 aliphatic rings. The lowest BCUT2D eigenvalue weighted by molar-refractivity contribution is 0.564. The summed E-state index contributed by atoms with van der Waals surface area (Å²) in [7, 11) is -2.96. The van der Waals surface area contributed by atoms with Crippen LogP contribution in [0.1, 0.15) is 18.3 Å². The van der Waals surface area contributed by atoms with Gasteiger partial charge in [0.1, 0.15) is 10.7 Å². The van der Waals surface area contributed by atoms with Crippen molar-refractivity contribution < 1.29 is 8.42 Å². The van der Waals surface area contributed by atoms with Crippen LogP contribution >= 0.6 is 12.2 Å². The van der Waals surface area contributed by atoms with Crippen molar-refractivity contribution in [1.29, 1.82) is 0 Å². The minimum atomic E-state index is -2.96. The van der Waals surface area contributed by atoms with Crippen LogP contribution in [0.5, 0.6) is 0 Å². The molecule has 1 saturated heterocycles. The van der Waals surface area contributed by atoms with E-state index in [1.54, 1.807) is 6.07 Å². The third kappa shape index (κ3) is 3.19. The van der Waals surface area contributed by atoms with Crippen molar-refractivity contribution in [2.75, 3.05) is 23.0 Å². The van der Waals surface area contributed by atoms with E-state index in [2.05, 4.69) is 9.97 Å². The number of hydrogen-bond donors (Lipinski definition) is 1. The molecule has 1 aromatic heterocycles. The van der Waals surface area contributed by atoms with E-state index < -0.39 is 9.84 Å². The highest BCUT2D eigenvalue weighted by Crippen LogP contribution is 2.18. The van der Waals surface area contributed by atoms with Gasteiger partial charge in [0, 0.05) is 18.3 Å². The molecule has 2 N–H and O–H groups in total. The molecule has 0 radical (unpaired) electrons. The van der Waals surface area contributed by atoms with E-state index >= 15 is 0 Å². The van der Waals surface area contributed by atoms with E-state index in [0.29, 0.717) is 18.2 Å². The van der Waals surface area contributed by atoms with Gasteiger partial charge in [-0.3, -0.25) is 0 Å². The van der Waals surface area contributed by atoms with E-state index in [1.165, 1.54) is 0 Å². The van der Waals surface area contributed by atoms with Gasteiger partial charge in [0.05, 0.1) is 11.5 Å². The molecule has 0 spiro atoms. The highest BCUT2D eigenvalue weighted by Gasteiger charge is 2.30. The van der Waals surface area contributed by atoms with Crippen molar-refractivity contribution in [2.45, 2.75) is 19.9 Å². The Morgan fingerprint density at radius 2 is 2.21 bits per heavy atom. The quantitative estimate of drug-likeness (QED) is 0.771. The van der Waals surface area contributed by atoms with Gasteiger partial charge in [-0.05, 0) is 19.9 Å². The number of anilines is 1. The van der Waals surface area contributed by atoms with Gasteiger partial charge >= 0.3 is 0 Å². The lowest BCUT2D eigenvalue weighted by Crippen LogP contribution is -2.47. The highest BCUT2D eigenvalue weighted by molar-refractivity contribution is 7.91. The van der Waals surface area contributed by atoms with Crippen molar-refractivity contribution >= 4 is 33.0 Å². The Kier molecular flexibility index (Phi) is 3.73. The van der Waals surface area contributed by atoms with Crippen LogP contribution in [0.4, 0.5) is 5.95 Å². The van der Waals surface area contributed by atoms with Gasteiger partial charge in [-0.25, -0.2) is 18.4 Å². The fourth-order valence-corrected chi connectivity index (χ4v) is 3.76. The first-order chi connectivity index (χ1) is 8.78. The van der Waals surface area contributed by atoms with Gasteiger partial charge in [-0.2, -0.15) is 0 Å². The van der Waals surface area contributed by atoms with Crippen LogP contribution in [-0.4, -0.2) is 47.5 Å². The summed E-state index contributed by atoms with van der Waals surface area (Å²) in [6.07, 6.45) is 0. The number of nitrogens with zero attached hydrogens (tertiary/aromatic N) is 3. The van der Waals surface area contributed by atoms with Crippen molar-refractivity contribution in [3.05, 3.63) is 17.5 Å². The third-order valence-electron chi connectivity index (χ3n) is 3.02. The summed E-state index contributed by atoms with van der Waals surface area (Å²) in [5.41, 5.74) is 6.86. The van der Waals surface area contributed by atoms with E-state index in [-0.39, 0.29) is 22.5 Å². The first-order valence-electron chi connectivity index (χ1n) is 5.91. The summed E-state index contributed by atoms with van der Waals surface area (Å²) in [6, 6.07) is 1.57. The monoisotopic (exact) mass is 300 g/mol. The largest absolute Gasteiger partial charge is 0.388 e. The topological polar surface area (TPSA) is 89.2 Å². The lowest BCUT2D eigenvalue weighted by Gasteiger charge is -2.33. The molecule has 8 heteroatoms. The summed E-state index contributed by atoms with van der Waals surface area (Å²) in [5, 5.41) is 0. The summed E-state index contributed by atoms with van der Waals surface area (Å²) in [4.78, 5) is 10.7. The van der Waals surface area contributed by atoms with Crippen molar-refractivity contribution in [3.8, 4) is 0 Å². The van der Waals surface area contributed by atoms with Crippen LogP contribution in [0.2, 0.25) is 0 Å². The molecule has 1 fully saturated rings.